The fourth-order valence-electron chi connectivity index (χ4n) is 5.93. The number of aryl methyl sites for hydroxylation is 2. The summed E-state index contributed by atoms with van der Waals surface area (Å²) in [5.41, 5.74) is 6.10. The third-order valence-electron chi connectivity index (χ3n) is 7.90. The van der Waals surface area contributed by atoms with Crippen molar-refractivity contribution < 1.29 is 14.6 Å². The third kappa shape index (κ3) is 4.39. The van der Waals surface area contributed by atoms with Gasteiger partial charge in [0.05, 0.1) is 64.9 Å². The second-order valence-corrected chi connectivity index (χ2v) is 10.5. The number of aromatic nitrogens is 7. The molecule has 4 aromatic heterocycles. The van der Waals surface area contributed by atoms with Crippen molar-refractivity contribution in [1.29, 1.82) is 0 Å². The molecule has 3 unspecified atom stereocenters. The van der Waals surface area contributed by atoms with E-state index in [1.54, 1.807) is 0 Å². The molecule has 2 bridgehead atoms. The molecular formula is C28H36N8O3. The van der Waals surface area contributed by atoms with Crippen LogP contribution in [0.5, 0.6) is 11.8 Å². The molecule has 1 saturated heterocycles. The van der Waals surface area contributed by atoms with E-state index in [1.165, 1.54) is 0 Å². The molecule has 206 valence electrons. The summed E-state index contributed by atoms with van der Waals surface area (Å²) in [4.78, 5) is 7.21. The number of ether oxygens (including phenoxy) is 2. The van der Waals surface area contributed by atoms with Gasteiger partial charge >= 0.3 is 0 Å². The van der Waals surface area contributed by atoms with Crippen LogP contribution in [0, 0.1) is 6.92 Å². The van der Waals surface area contributed by atoms with Crippen molar-refractivity contribution in [2.24, 2.45) is 7.05 Å². The van der Waals surface area contributed by atoms with E-state index in [4.69, 9.17) is 19.6 Å². The summed E-state index contributed by atoms with van der Waals surface area (Å²) in [5.74, 6) is 1.28. The van der Waals surface area contributed by atoms with Crippen LogP contribution < -0.4 is 9.47 Å². The van der Waals surface area contributed by atoms with Crippen LogP contribution >= 0.6 is 0 Å². The molecule has 6 rings (SSSR count). The fraction of sp³-hybridized carbons (Fsp3) is 0.500. The number of aliphatic hydroxyl groups is 1. The van der Waals surface area contributed by atoms with E-state index in [0.717, 1.165) is 64.2 Å². The van der Waals surface area contributed by atoms with E-state index in [9.17, 15) is 5.11 Å². The highest BCUT2D eigenvalue weighted by Crippen LogP contribution is 2.37. The first kappa shape index (κ1) is 25.6. The molecule has 3 atom stereocenters. The van der Waals surface area contributed by atoms with Gasteiger partial charge in [0.15, 0.2) is 0 Å². The standard InChI is InChI=1S/C28H36N8O3/c1-6-38-27-19-9-10-21-20-12-22(29-13-23(20)31-30-21)26-17(3)32-34(5)28(26)39-18(4)24-8-7-11-35(24)14-25(19)36(33-27)16(2)15-37/h9-10,12-13,16,18,24,37H,6-8,11,14-15H2,1-5H3,(H,30,31)/b10-9+. The number of rotatable bonds is 4. The van der Waals surface area contributed by atoms with Gasteiger partial charge in [0.1, 0.15) is 6.10 Å². The van der Waals surface area contributed by atoms with Crippen LogP contribution in [0.25, 0.3) is 34.3 Å². The minimum Gasteiger partial charge on any atom is -0.476 e. The number of aromatic amines is 1. The molecule has 1 fully saturated rings. The van der Waals surface area contributed by atoms with Crippen LogP contribution in [0.2, 0.25) is 0 Å². The molecule has 4 aromatic rings. The number of pyridine rings is 1. The Kier molecular flexibility index (Phi) is 6.64. The summed E-state index contributed by atoms with van der Waals surface area (Å²) in [6.07, 6.45) is 7.86. The van der Waals surface area contributed by atoms with Gasteiger partial charge in [-0.25, -0.2) is 4.68 Å². The SMILES string of the molecule is CCOc1nn(C(C)CO)c2c1/C=C/c1n[nH]c3cnc(cc13)-c1c(C)nn(C)c1OC(C)C1CCCN1C2. The first-order valence-electron chi connectivity index (χ1n) is 13.7. The van der Waals surface area contributed by atoms with E-state index in [2.05, 4.69) is 27.1 Å². The van der Waals surface area contributed by atoms with Crippen LogP contribution in [0.15, 0.2) is 12.3 Å². The number of fused-ring (bicyclic) bond motifs is 5. The zero-order chi connectivity index (χ0) is 27.3. The van der Waals surface area contributed by atoms with Gasteiger partial charge in [-0.2, -0.15) is 10.2 Å². The number of nitrogens with one attached hydrogen (secondary N) is 1. The Bertz CT molecular complexity index is 1530. The summed E-state index contributed by atoms with van der Waals surface area (Å²) in [7, 11) is 1.92. The highest BCUT2D eigenvalue weighted by atomic mass is 16.5. The Morgan fingerprint density at radius 2 is 2.13 bits per heavy atom. The first-order valence-corrected chi connectivity index (χ1v) is 13.7. The van der Waals surface area contributed by atoms with Crippen molar-refractivity contribution in [1.82, 2.24) is 39.6 Å². The topological polar surface area (TPSA) is 119 Å². The third-order valence-corrected chi connectivity index (χ3v) is 7.90. The Labute approximate surface area is 227 Å². The van der Waals surface area contributed by atoms with Gasteiger partial charge in [-0.05, 0) is 65.3 Å². The molecule has 2 aliphatic rings. The van der Waals surface area contributed by atoms with E-state index in [-0.39, 0.29) is 24.8 Å². The zero-order valence-electron chi connectivity index (χ0n) is 23.2. The summed E-state index contributed by atoms with van der Waals surface area (Å²) in [5, 5.41) is 28.2. The smallest absolute Gasteiger partial charge is 0.240 e. The Hall–Kier alpha value is -3.70. The van der Waals surface area contributed by atoms with Gasteiger partial charge in [0.25, 0.3) is 0 Å². The summed E-state index contributed by atoms with van der Waals surface area (Å²) in [6.45, 7) is 10.1. The van der Waals surface area contributed by atoms with Crippen molar-refractivity contribution in [3.05, 3.63) is 34.9 Å². The number of aliphatic hydroxyl groups excluding tert-OH is 1. The van der Waals surface area contributed by atoms with Gasteiger partial charge in [-0.1, -0.05) is 0 Å². The predicted octanol–water partition coefficient (Wildman–Crippen LogP) is 3.73. The monoisotopic (exact) mass is 532 g/mol. The van der Waals surface area contributed by atoms with E-state index in [0.29, 0.717) is 24.9 Å². The second kappa shape index (κ2) is 10.1. The first-order chi connectivity index (χ1) is 18.9. The lowest BCUT2D eigenvalue weighted by Gasteiger charge is -2.30. The molecule has 0 aromatic carbocycles. The number of hydrogen-bond donors (Lipinski definition) is 2. The number of hydrogen-bond acceptors (Lipinski definition) is 8. The van der Waals surface area contributed by atoms with E-state index < -0.39 is 0 Å². The molecule has 6 heterocycles. The second-order valence-electron chi connectivity index (χ2n) is 10.5. The molecule has 0 radical (unpaired) electrons. The van der Waals surface area contributed by atoms with Gasteiger partial charge in [0, 0.05) is 25.0 Å². The number of nitrogens with zero attached hydrogens (tertiary/aromatic N) is 7. The van der Waals surface area contributed by atoms with Crippen molar-refractivity contribution in [2.75, 3.05) is 19.8 Å². The Balaban J connectivity index is 1.57. The molecule has 0 spiro atoms. The lowest BCUT2D eigenvalue weighted by atomic mass is 10.1. The molecule has 0 aliphatic carbocycles. The largest absolute Gasteiger partial charge is 0.476 e. The Morgan fingerprint density at radius 3 is 2.92 bits per heavy atom. The van der Waals surface area contributed by atoms with Crippen molar-refractivity contribution in [2.45, 2.75) is 65.3 Å². The molecule has 11 heteroatoms. The molecular weight excluding hydrogens is 496 g/mol. The maximum atomic E-state index is 10.1. The molecule has 2 N–H and O–H groups in total. The van der Waals surface area contributed by atoms with Crippen LogP contribution in [-0.2, 0) is 13.6 Å². The van der Waals surface area contributed by atoms with Crippen LogP contribution in [0.1, 0.15) is 62.3 Å². The summed E-state index contributed by atoms with van der Waals surface area (Å²) < 4.78 is 16.4. The normalized spacial score (nSPS) is 21.1. The van der Waals surface area contributed by atoms with Crippen LogP contribution in [-0.4, -0.2) is 76.7 Å². The molecule has 2 aliphatic heterocycles. The van der Waals surface area contributed by atoms with Gasteiger partial charge in [0.2, 0.25) is 11.8 Å². The van der Waals surface area contributed by atoms with Gasteiger partial charge in [-0.15, -0.1) is 5.10 Å². The molecule has 0 amide bonds. The molecule has 39 heavy (non-hydrogen) atoms. The molecule has 0 saturated carbocycles. The average molecular weight is 533 g/mol. The summed E-state index contributed by atoms with van der Waals surface area (Å²) >= 11 is 0. The maximum absolute atomic E-state index is 10.1. The van der Waals surface area contributed by atoms with E-state index in [1.807, 2.05) is 61.6 Å². The minimum absolute atomic E-state index is 0.0191. The zero-order valence-corrected chi connectivity index (χ0v) is 23.2. The quantitative estimate of drug-likeness (QED) is 0.408. The van der Waals surface area contributed by atoms with Crippen LogP contribution in [0.3, 0.4) is 0 Å². The van der Waals surface area contributed by atoms with Crippen molar-refractivity contribution in [3.63, 3.8) is 0 Å². The predicted molar refractivity (Wildman–Crippen MR) is 148 cm³/mol. The van der Waals surface area contributed by atoms with Gasteiger partial charge < -0.3 is 14.6 Å². The lowest BCUT2D eigenvalue weighted by molar-refractivity contribution is 0.0914. The fourth-order valence-corrected chi connectivity index (χ4v) is 5.93. The highest BCUT2D eigenvalue weighted by molar-refractivity contribution is 5.92. The molecule has 11 nitrogen and oxygen atoms in total. The lowest BCUT2D eigenvalue weighted by Crippen LogP contribution is -2.41. The average Bonchev–Trinajstić information content (AvgIpc) is 3.68. The summed E-state index contributed by atoms with van der Waals surface area (Å²) in [6, 6.07) is 2.05. The van der Waals surface area contributed by atoms with Gasteiger partial charge in [-0.3, -0.25) is 19.7 Å². The van der Waals surface area contributed by atoms with E-state index >= 15 is 0 Å². The maximum Gasteiger partial charge on any atom is 0.240 e. The minimum atomic E-state index is -0.196. The highest BCUT2D eigenvalue weighted by Gasteiger charge is 2.34. The van der Waals surface area contributed by atoms with Crippen molar-refractivity contribution >= 4 is 23.1 Å². The Morgan fingerprint density at radius 1 is 1.28 bits per heavy atom. The van der Waals surface area contributed by atoms with Crippen LogP contribution in [0.4, 0.5) is 0 Å². The van der Waals surface area contributed by atoms with Crippen molar-refractivity contribution in [3.8, 4) is 23.0 Å². The number of H-pyrrole nitrogens is 1.